The molecule has 0 saturated carbocycles. The summed E-state index contributed by atoms with van der Waals surface area (Å²) in [6, 6.07) is 5.39. The summed E-state index contributed by atoms with van der Waals surface area (Å²) in [5.41, 5.74) is 0.960. The highest BCUT2D eigenvalue weighted by molar-refractivity contribution is 7.88. The number of nitrogens with one attached hydrogen (secondary N) is 1. The van der Waals surface area contributed by atoms with E-state index in [1.165, 1.54) is 0 Å². The Morgan fingerprint density at radius 2 is 2.12 bits per heavy atom. The van der Waals surface area contributed by atoms with Crippen LogP contribution < -0.4 is 9.46 Å². The van der Waals surface area contributed by atoms with Crippen LogP contribution in [0.1, 0.15) is 5.56 Å². The summed E-state index contributed by atoms with van der Waals surface area (Å²) in [6.45, 7) is 0.363. The van der Waals surface area contributed by atoms with Crippen LogP contribution >= 0.6 is 11.6 Å². The summed E-state index contributed by atoms with van der Waals surface area (Å²) < 4.78 is 29.1. The Hall–Kier alpha value is -0.780. The van der Waals surface area contributed by atoms with E-state index >= 15 is 0 Å². The van der Waals surface area contributed by atoms with Crippen molar-refractivity contribution < 1.29 is 13.2 Å². The molecule has 0 aliphatic heterocycles. The van der Waals surface area contributed by atoms with Crippen molar-refractivity contribution in [3.8, 4) is 5.75 Å². The molecule has 0 amide bonds. The summed E-state index contributed by atoms with van der Waals surface area (Å²) in [4.78, 5) is 0. The zero-order valence-corrected chi connectivity index (χ0v) is 10.7. The molecule has 0 spiro atoms. The van der Waals surface area contributed by atoms with E-state index in [-0.39, 0.29) is 0 Å². The van der Waals surface area contributed by atoms with Gasteiger partial charge in [0.15, 0.2) is 0 Å². The van der Waals surface area contributed by atoms with Crippen LogP contribution in [0.15, 0.2) is 18.2 Å². The van der Waals surface area contributed by atoms with Crippen LogP contribution in [0, 0.1) is 0 Å². The van der Waals surface area contributed by atoms with Crippen LogP contribution in [0.2, 0.25) is 5.02 Å². The molecule has 0 fully saturated rings. The zero-order valence-electron chi connectivity index (χ0n) is 9.16. The highest BCUT2D eigenvalue weighted by atomic mass is 35.5. The molecule has 1 aromatic rings. The summed E-state index contributed by atoms with van der Waals surface area (Å²) in [5.74, 6) is 0.612. The molecule has 0 heterocycles. The van der Waals surface area contributed by atoms with Crippen molar-refractivity contribution in [3.63, 3.8) is 0 Å². The van der Waals surface area contributed by atoms with Gasteiger partial charge in [-0.3, -0.25) is 0 Å². The van der Waals surface area contributed by atoms with E-state index in [2.05, 4.69) is 4.72 Å². The van der Waals surface area contributed by atoms with Gasteiger partial charge in [-0.2, -0.15) is 0 Å². The molecule has 0 saturated heterocycles. The van der Waals surface area contributed by atoms with E-state index in [0.29, 0.717) is 23.7 Å². The number of hydrogen-bond donors (Lipinski definition) is 1. The van der Waals surface area contributed by atoms with E-state index in [1.807, 2.05) is 6.07 Å². The number of hydrogen-bond acceptors (Lipinski definition) is 3. The molecule has 1 N–H and O–H groups in total. The van der Waals surface area contributed by atoms with Gasteiger partial charge in [-0.15, -0.1) is 0 Å². The van der Waals surface area contributed by atoms with Gasteiger partial charge in [0.2, 0.25) is 10.0 Å². The van der Waals surface area contributed by atoms with Gasteiger partial charge < -0.3 is 4.74 Å². The van der Waals surface area contributed by atoms with Crippen LogP contribution in [0.4, 0.5) is 0 Å². The third-order valence-electron chi connectivity index (χ3n) is 1.99. The quantitative estimate of drug-likeness (QED) is 0.875. The van der Waals surface area contributed by atoms with Crippen molar-refractivity contribution >= 4 is 21.6 Å². The first-order valence-electron chi connectivity index (χ1n) is 4.69. The van der Waals surface area contributed by atoms with E-state index in [1.54, 1.807) is 19.2 Å². The second-order valence-electron chi connectivity index (χ2n) is 3.39. The molecule has 1 aromatic carbocycles. The number of benzene rings is 1. The van der Waals surface area contributed by atoms with Crippen molar-refractivity contribution in [2.45, 2.75) is 6.42 Å². The van der Waals surface area contributed by atoms with Crippen molar-refractivity contribution in [2.75, 3.05) is 19.9 Å². The number of halogens is 1. The summed E-state index contributed by atoms with van der Waals surface area (Å²) >= 11 is 5.93. The summed E-state index contributed by atoms with van der Waals surface area (Å²) in [5, 5.41) is 0.527. The SMILES string of the molecule is COc1ccc(CCNS(C)(=O)=O)cc1Cl. The highest BCUT2D eigenvalue weighted by Crippen LogP contribution is 2.24. The molecule has 0 aliphatic carbocycles. The lowest BCUT2D eigenvalue weighted by Gasteiger charge is -2.06. The molecular formula is C10H14ClNO3S. The molecule has 16 heavy (non-hydrogen) atoms. The molecular weight excluding hydrogens is 250 g/mol. The second kappa shape index (κ2) is 5.52. The first-order valence-corrected chi connectivity index (χ1v) is 6.96. The fourth-order valence-electron chi connectivity index (χ4n) is 1.25. The lowest BCUT2D eigenvalue weighted by atomic mass is 10.1. The molecule has 0 bridgehead atoms. The van der Waals surface area contributed by atoms with Gasteiger partial charge in [0.1, 0.15) is 5.75 Å². The molecule has 0 aromatic heterocycles. The monoisotopic (exact) mass is 263 g/mol. The Morgan fingerprint density at radius 1 is 1.44 bits per heavy atom. The van der Waals surface area contributed by atoms with Gasteiger partial charge >= 0.3 is 0 Å². The predicted octanol–water partition coefficient (Wildman–Crippen LogP) is 1.44. The largest absolute Gasteiger partial charge is 0.495 e. The first-order chi connectivity index (χ1) is 7.42. The first kappa shape index (κ1) is 13.3. The molecule has 0 unspecified atom stereocenters. The van der Waals surface area contributed by atoms with E-state index < -0.39 is 10.0 Å². The van der Waals surface area contributed by atoms with E-state index in [0.717, 1.165) is 11.8 Å². The Morgan fingerprint density at radius 3 is 2.62 bits per heavy atom. The van der Waals surface area contributed by atoms with E-state index in [9.17, 15) is 8.42 Å². The molecule has 0 aliphatic rings. The third kappa shape index (κ3) is 4.38. The third-order valence-corrected chi connectivity index (χ3v) is 3.02. The van der Waals surface area contributed by atoms with Crippen LogP contribution in [-0.4, -0.2) is 28.3 Å². The van der Waals surface area contributed by atoms with E-state index in [4.69, 9.17) is 16.3 Å². The average Bonchev–Trinajstić information content (AvgIpc) is 2.16. The Bertz CT molecular complexity index is 459. The van der Waals surface area contributed by atoms with Crippen molar-refractivity contribution in [2.24, 2.45) is 0 Å². The summed E-state index contributed by atoms with van der Waals surface area (Å²) in [7, 11) is -1.58. The topological polar surface area (TPSA) is 55.4 Å². The highest BCUT2D eigenvalue weighted by Gasteiger charge is 2.03. The Labute approximate surface area is 101 Å². The lowest BCUT2D eigenvalue weighted by Crippen LogP contribution is -2.24. The molecule has 0 radical (unpaired) electrons. The molecule has 0 atom stereocenters. The minimum Gasteiger partial charge on any atom is -0.495 e. The minimum absolute atomic E-state index is 0.363. The maximum atomic E-state index is 10.8. The van der Waals surface area contributed by atoms with Crippen LogP contribution in [-0.2, 0) is 16.4 Å². The molecule has 4 nitrogen and oxygen atoms in total. The maximum absolute atomic E-state index is 10.8. The molecule has 1 rings (SSSR count). The van der Waals surface area contributed by atoms with Crippen LogP contribution in [0.25, 0.3) is 0 Å². The van der Waals surface area contributed by atoms with Crippen LogP contribution in [0.5, 0.6) is 5.75 Å². The van der Waals surface area contributed by atoms with Gasteiger partial charge in [-0.05, 0) is 24.1 Å². The summed E-state index contributed by atoms with van der Waals surface area (Å²) in [6.07, 6.45) is 1.73. The predicted molar refractivity (Wildman–Crippen MR) is 64.6 cm³/mol. The van der Waals surface area contributed by atoms with Gasteiger partial charge in [0.25, 0.3) is 0 Å². The fourth-order valence-corrected chi connectivity index (χ4v) is 2.00. The lowest BCUT2D eigenvalue weighted by molar-refractivity contribution is 0.415. The smallest absolute Gasteiger partial charge is 0.208 e. The number of sulfonamides is 1. The van der Waals surface area contributed by atoms with Gasteiger partial charge in [-0.1, -0.05) is 17.7 Å². The Kier molecular flexibility index (Phi) is 4.58. The number of ether oxygens (including phenoxy) is 1. The number of methoxy groups -OCH3 is 1. The normalized spacial score (nSPS) is 11.4. The van der Waals surface area contributed by atoms with Crippen molar-refractivity contribution in [3.05, 3.63) is 28.8 Å². The Balaban J connectivity index is 2.59. The number of rotatable bonds is 5. The minimum atomic E-state index is -3.12. The average molecular weight is 264 g/mol. The fraction of sp³-hybridized carbons (Fsp3) is 0.400. The van der Waals surface area contributed by atoms with Crippen LogP contribution in [0.3, 0.4) is 0 Å². The van der Waals surface area contributed by atoms with Gasteiger partial charge in [0.05, 0.1) is 18.4 Å². The van der Waals surface area contributed by atoms with Gasteiger partial charge in [0, 0.05) is 6.54 Å². The van der Waals surface area contributed by atoms with Gasteiger partial charge in [-0.25, -0.2) is 13.1 Å². The molecule has 90 valence electrons. The standard InChI is InChI=1S/C10H14ClNO3S/c1-15-10-4-3-8(7-9(10)11)5-6-12-16(2,13)14/h3-4,7,12H,5-6H2,1-2H3. The van der Waals surface area contributed by atoms with Crippen molar-refractivity contribution in [1.82, 2.24) is 4.72 Å². The zero-order chi connectivity index (χ0) is 12.2. The van der Waals surface area contributed by atoms with Crippen molar-refractivity contribution in [1.29, 1.82) is 0 Å². The maximum Gasteiger partial charge on any atom is 0.208 e. The molecule has 6 heteroatoms. The second-order valence-corrected chi connectivity index (χ2v) is 5.63.